The van der Waals surface area contributed by atoms with E-state index in [4.69, 9.17) is 9.11 Å². The third kappa shape index (κ3) is 3.89. The summed E-state index contributed by atoms with van der Waals surface area (Å²) in [6.45, 7) is 1.02. The van der Waals surface area contributed by atoms with Crippen molar-refractivity contribution in [3.05, 3.63) is 35.5 Å². The Kier molecular flexibility index (Phi) is 5.31. The van der Waals surface area contributed by atoms with Crippen LogP contribution in [0.1, 0.15) is 11.1 Å². The van der Waals surface area contributed by atoms with E-state index in [0.717, 1.165) is 24.0 Å². The predicted octanol–water partition coefficient (Wildman–Crippen LogP) is 2.65. The monoisotopic (exact) mass is 295 g/mol. The van der Waals surface area contributed by atoms with Gasteiger partial charge in [0.1, 0.15) is 0 Å². The van der Waals surface area contributed by atoms with Crippen molar-refractivity contribution in [3.63, 3.8) is 0 Å². The number of hydrogen-bond acceptors (Lipinski definition) is 4. The number of aromatic nitrogens is 1. The number of likely N-dealkylation sites (N-methyl/N-ethyl adjacent to an activating group) is 1. The zero-order chi connectivity index (χ0) is 14.5. The Morgan fingerprint density at radius 1 is 1.35 bits per heavy atom. The lowest BCUT2D eigenvalue weighted by Crippen LogP contribution is -2.14. The molecular formula is C14H21N3O2S. The van der Waals surface area contributed by atoms with Crippen molar-refractivity contribution in [1.82, 2.24) is 9.88 Å². The Balaban J connectivity index is 2.18. The molecule has 0 aliphatic heterocycles. The van der Waals surface area contributed by atoms with Crippen molar-refractivity contribution < 1.29 is 9.22 Å². The maximum Gasteiger partial charge on any atom is 0.0725 e. The number of H-pyrrole nitrogens is 1. The minimum absolute atomic E-state index is 0.544. The molecule has 6 heteroatoms. The topological polar surface area (TPSA) is 61.3 Å². The summed E-state index contributed by atoms with van der Waals surface area (Å²) in [6.07, 6.45) is 3.08. The molecule has 0 radical (unpaired) electrons. The van der Waals surface area contributed by atoms with Crippen LogP contribution in [-0.2, 0) is 32.4 Å². The lowest BCUT2D eigenvalue weighted by molar-refractivity contribution is -0.164. The van der Waals surface area contributed by atoms with Crippen molar-refractivity contribution in [2.45, 2.75) is 12.2 Å². The molecule has 1 heterocycles. The van der Waals surface area contributed by atoms with E-state index in [2.05, 4.69) is 47.2 Å². The standard InChI is InChI=1S/C14H21N3O2S/c1-17(2)7-6-12-9-16-14-5-4-11(8-13(12)14)10-20(15)19-18-3/h4-5,8-9,15-16H,6-7,10H2,1-3H3. The van der Waals surface area contributed by atoms with Crippen LogP contribution < -0.4 is 0 Å². The van der Waals surface area contributed by atoms with E-state index in [0.29, 0.717) is 5.75 Å². The molecular weight excluding hydrogens is 274 g/mol. The Morgan fingerprint density at radius 2 is 2.15 bits per heavy atom. The van der Waals surface area contributed by atoms with Gasteiger partial charge in [-0.05, 0) is 43.8 Å². The summed E-state index contributed by atoms with van der Waals surface area (Å²) < 4.78 is 12.6. The maximum absolute atomic E-state index is 7.74. The first-order valence-electron chi connectivity index (χ1n) is 6.47. The number of rotatable bonds is 7. The van der Waals surface area contributed by atoms with Crippen LogP contribution in [0.25, 0.3) is 10.9 Å². The molecule has 0 saturated heterocycles. The van der Waals surface area contributed by atoms with Crippen LogP contribution in [-0.4, -0.2) is 37.6 Å². The van der Waals surface area contributed by atoms with E-state index in [-0.39, 0.29) is 0 Å². The second-order valence-electron chi connectivity index (χ2n) is 4.97. The summed E-state index contributed by atoms with van der Waals surface area (Å²) in [5.41, 5.74) is 3.55. The van der Waals surface area contributed by atoms with Crippen LogP contribution in [0, 0.1) is 4.78 Å². The number of fused-ring (bicyclic) bond motifs is 1. The van der Waals surface area contributed by atoms with E-state index in [1.807, 2.05) is 6.07 Å². The summed E-state index contributed by atoms with van der Waals surface area (Å²) in [5, 5.41) is 1.23. The van der Waals surface area contributed by atoms with Crippen LogP contribution in [0.2, 0.25) is 0 Å². The Bertz CT molecular complexity index is 595. The van der Waals surface area contributed by atoms with Gasteiger partial charge in [0.05, 0.1) is 23.8 Å². The summed E-state index contributed by atoms with van der Waals surface area (Å²) in [7, 11) is 4.63. The fraction of sp³-hybridized carbons (Fsp3) is 0.429. The second-order valence-corrected chi connectivity index (χ2v) is 6.09. The van der Waals surface area contributed by atoms with Crippen LogP contribution in [0.3, 0.4) is 0 Å². The van der Waals surface area contributed by atoms with Gasteiger partial charge in [-0.3, -0.25) is 4.78 Å². The average Bonchev–Trinajstić information content (AvgIpc) is 2.79. The highest BCUT2D eigenvalue weighted by Crippen LogP contribution is 2.21. The Morgan fingerprint density at radius 3 is 2.85 bits per heavy atom. The molecule has 0 bridgehead atoms. The quantitative estimate of drug-likeness (QED) is 0.610. The van der Waals surface area contributed by atoms with Gasteiger partial charge in [-0.25, -0.2) is 4.89 Å². The van der Waals surface area contributed by atoms with Gasteiger partial charge in [0.2, 0.25) is 0 Å². The summed E-state index contributed by atoms with van der Waals surface area (Å²) in [6, 6.07) is 6.24. The highest BCUT2D eigenvalue weighted by atomic mass is 32.2. The van der Waals surface area contributed by atoms with Gasteiger partial charge in [-0.15, -0.1) is 0 Å². The van der Waals surface area contributed by atoms with Crippen molar-refractivity contribution in [3.8, 4) is 0 Å². The van der Waals surface area contributed by atoms with Gasteiger partial charge in [0.25, 0.3) is 0 Å². The molecule has 20 heavy (non-hydrogen) atoms. The molecule has 1 unspecified atom stereocenters. The number of nitrogens with one attached hydrogen (secondary N) is 2. The molecule has 1 atom stereocenters. The molecule has 2 aromatic rings. The molecule has 2 rings (SSSR count). The zero-order valence-electron chi connectivity index (χ0n) is 12.1. The molecule has 0 aliphatic carbocycles. The van der Waals surface area contributed by atoms with E-state index >= 15 is 0 Å². The highest BCUT2D eigenvalue weighted by Gasteiger charge is 2.07. The van der Waals surface area contributed by atoms with Gasteiger partial charge in [-0.1, -0.05) is 6.07 Å². The molecule has 5 nitrogen and oxygen atoms in total. The summed E-state index contributed by atoms with van der Waals surface area (Å²) >= 11 is 0. The molecule has 0 amide bonds. The predicted molar refractivity (Wildman–Crippen MR) is 82.4 cm³/mol. The third-order valence-corrected chi connectivity index (χ3v) is 4.00. The van der Waals surface area contributed by atoms with E-state index in [1.165, 1.54) is 18.1 Å². The van der Waals surface area contributed by atoms with Gasteiger partial charge < -0.3 is 9.88 Å². The third-order valence-electron chi connectivity index (χ3n) is 3.11. The van der Waals surface area contributed by atoms with Crippen LogP contribution in [0.15, 0.2) is 24.4 Å². The fourth-order valence-electron chi connectivity index (χ4n) is 2.12. The highest BCUT2D eigenvalue weighted by molar-refractivity contribution is 7.80. The van der Waals surface area contributed by atoms with Gasteiger partial charge in [-0.2, -0.15) is 4.33 Å². The van der Waals surface area contributed by atoms with E-state index < -0.39 is 11.0 Å². The summed E-state index contributed by atoms with van der Waals surface area (Å²) in [5.74, 6) is 0.544. The van der Waals surface area contributed by atoms with Crippen molar-refractivity contribution in [1.29, 1.82) is 4.78 Å². The van der Waals surface area contributed by atoms with Crippen LogP contribution in [0.4, 0.5) is 0 Å². The van der Waals surface area contributed by atoms with Crippen molar-refractivity contribution in [2.75, 3.05) is 27.7 Å². The number of benzene rings is 1. The minimum Gasteiger partial charge on any atom is -0.361 e. The average molecular weight is 295 g/mol. The molecule has 1 aromatic heterocycles. The first kappa shape index (κ1) is 15.2. The molecule has 0 spiro atoms. The molecule has 0 saturated carbocycles. The normalized spacial score (nSPS) is 13.2. The first-order valence-corrected chi connectivity index (χ1v) is 7.79. The number of nitrogens with zero attached hydrogens (tertiary/aromatic N) is 1. The largest absolute Gasteiger partial charge is 0.361 e. The van der Waals surface area contributed by atoms with Gasteiger partial charge >= 0.3 is 0 Å². The zero-order valence-corrected chi connectivity index (χ0v) is 12.9. The lowest BCUT2D eigenvalue weighted by Gasteiger charge is -2.08. The molecule has 110 valence electrons. The first-order chi connectivity index (χ1) is 9.60. The maximum atomic E-state index is 7.74. The molecule has 0 fully saturated rings. The summed E-state index contributed by atoms with van der Waals surface area (Å²) in [4.78, 5) is 10.0. The SMILES string of the molecule is COOS(=N)Cc1ccc2[nH]cc(CCN(C)C)c2c1. The Hall–Kier alpha value is -1.21. The molecule has 2 N–H and O–H groups in total. The fourth-order valence-corrected chi connectivity index (χ4v) is 2.82. The smallest absolute Gasteiger partial charge is 0.0725 e. The second kappa shape index (κ2) is 6.99. The molecule has 1 aromatic carbocycles. The van der Waals surface area contributed by atoms with E-state index in [9.17, 15) is 0 Å². The number of hydrogen-bond donors (Lipinski definition) is 2. The lowest BCUT2D eigenvalue weighted by atomic mass is 10.1. The van der Waals surface area contributed by atoms with E-state index in [1.54, 1.807) is 0 Å². The van der Waals surface area contributed by atoms with Gasteiger partial charge in [0, 0.05) is 23.6 Å². The Labute approximate surface area is 121 Å². The molecule has 0 aliphatic rings. The minimum atomic E-state index is -0.960. The number of aromatic amines is 1. The van der Waals surface area contributed by atoms with Gasteiger partial charge in [0.15, 0.2) is 0 Å². The van der Waals surface area contributed by atoms with Crippen LogP contribution in [0.5, 0.6) is 0 Å². The van der Waals surface area contributed by atoms with Crippen LogP contribution >= 0.6 is 0 Å². The van der Waals surface area contributed by atoms with Crippen molar-refractivity contribution in [2.24, 2.45) is 0 Å². The van der Waals surface area contributed by atoms with Crippen molar-refractivity contribution >= 4 is 21.9 Å².